The second kappa shape index (κ2) is 6.55. The molecule has 0 nitrogen and oxygen atoms in total. The van der Waals surface area contributed by atoms with E-state index >= 15 is 0 Å². The molecule has 3 aromatic carbocycles. The molecule has 3 rings (SSSR count). The van der Waals surface area contributed by atoms with Crippen LogP contribution in [0.5, 0.6) is 0 Å². The zero-order valence-corrected chi connectivity index (χ0v) is 15.2. The van der Waals surface area contributed by atoms with Gasteiger partial charge in [0.25, 0.3) is 0 Å². The van der Waals surface area contributed by atoms with Gasteiger partial charge in [-0.05, 0) is 0 Å². The molecule has 1 heteroatoms. The first kappa shape index (κ1) is 14.5. The van der Waals surface area contributed by atoms with Crippen LogP contribution in [0, 0.1) is 0 Å². The molecule has 3 aromatic rings. The summed E-state index contributed by atoms with van der Waals surface area (Å²) in [6.45, 7) is 2.19. The van der Waals surface area contributed by atoms with Crippen LogP contribution < -0.4 is 3.22 Å². The van der Waals surface area contributed by atoms with E-state index in [1.807, 2.05) is 0 Å². The van der Waals surface area contributed by atoms with E-state index in [1.54, 1.807) is 0 Å². The Labute approximate surface area is 142 Å². The molecule has 0 aliphatic rings. The van der Waals surface area contributed by atoms with E-state index in [1.165, 1.54) is 56.1 Å². The first-order chi connectivity index (χ1) is 10.3. The number of aryl methyl sites for hydroxylation is 1. The standard InChI is InChI=1S/C20H17.Po/c1-2-16-12-14-18(15-13-16)20-11-7-6-10-19(20)17-8-4-3-5-9-17;/h4-15H,2H2,1H3;. The fourth-order valence-corrected chi connectivity index (χ4v) is 3.07. The fourth-order valence-electron chi connectivity index (χ4n) is 2.54. The molecule has 0 bridgehead atoms. The predicted octanol–water partition coefficient (Wildman–Crippen LogP) is 4.38. The van der Waals surface area contributed by atoms with Crippen LogP contribution in [0.15, 0.2) is 72.8 Å². The summed E-state index contributed by atoms with van der Waals surface area (Å²) in [6, 6.07) is 26.4. The zero-order valence-electron chi connectivity index (χ0n) is 12.0. The molecule has 103 valence electrons. The van der Waals surface area contributed by atoms with E-state index in [2.05, 4.69) is 79.7 Å². The fraction of sp³-hybridized carbons (Fsp3) is 0.100. The van der Waals surface area contributed by atoms with E-state index in [-0.39, 0.29) is 0 Å². The van der Waals surface area contributed by atoms with Gasteiger partial charge in [0.1, 0.15) is 0 Å². The Morgan fingerprint density at radius 1 is 0.667 bits per heavy atom. The molecule has 0 aliphatic heterocycles. The van der Waals surface area contributed by atoms with Crippen molar-refractivity contribution < 1.29 is 0 Å². The normalized spacial score (nSPS) is 10.5. The summed E-state index contributed by atoms with van der Waals surface area (Å²) < 4.78 is 1.38. The molecular weight excluding hydrogens is 449 g/mol. The molecule has 0 heterocycles. The second-order valence-electron chi connectivity index (χ2n) is 5.12. The van der Waals surface area contributed by atoms with E-state index in [0.29, 0.717) is 0 Å². The van der Waals surface area contributed by atoms with Crippen LogP contribution in [0.3, 0.4) is 0 Å². The molecule has 0 fully saturated rings. The van der Waals surface area contributed by atoms with Crippen molar-refractivity contribution in [3.8, 4) is 22.3 Å². The number of hydrogen-bond acceptors (Lipinski definition) is 0. The maximum absolute atomic E-state index is 2.23. The number of rotatable bonds is 3. The van der Waals surface area contributed by atoms with Crippen LogP contribution in [-0.4, -0.2) is 25.1 Å². The van der Waals surface area contributed by atoms with Gasteiger partial charge in [-0.25, -0.2) is 0 Å². The third-order valence-corrected chi connectivity index (χ3v) is 4.82. The van der Waals surface area contributed by atoms with E-state index in [9.17, 15) is 0 Å². The Hall–Kier alpha value is -1.44. The third kappa shape index (κ3) is 3.25. The first-order valence-electron chi connectivity index (χ1n) is 7.23. The van der Waals surface area contributed by atoms with Gasteiger partial charge in [0.15, 0.2) is 0 Å². The van der Waals surface area contributed by atoms with E-state index in [4.69, 9.17) is 0 Å². The van der Waals surface area contributed by atoms with Gasteiger partial charge in [0, 0.05) is 0 Å². The van der Waals surface area contributed by atoms with Crippen LogP contribution in [0.1, 0.15) is 12.5 Å². The van der Waals surface area contributed by atoms with Crippen molar-refractivity contribution in [1.29, 1.82) is 0 Å². The molecule has 0 aliphatic carbocycles. The average molecular weight is 466 g/mol. The minimum atomic E-state index is 1.09. The third-order valence-electron chi connectivity index (χ3n) is 3.77. The molecule has 21 heavy (non-hydrogen) atoms. The van der Waals surface area contributed by atoms with Crippen molar-refractivity contribution in [2.45, 2.75) is 13.3 Å². The Balaban J connectivity index is 2.08. The molecule has 0 saturated carbocycles. The van der Waals surface area contributed by atoms with Gasteiger partial charge in [-0.15, -0.1) is 0 Å². The summed E-state index contributed by atoms with van der Waals surface area (Å²) in [5.74, 6) is 0. The predicted molar refractivity (Wildman–Crippen MR) is 92.1 cm³/mol. The second-order valence-corrected chi connectivity index (χ2v) is 6.95. The quantitative estimate of drug-likeness (QED) is 0.538. The van der Waals surface area contributed by atoms with Crippen molar-refractivity contribution in [2.75, 3.05) is 0 Å². The maximum atomic E-state index is 2.23. The van der Waals surface area contributed by atoms with Crippen molar-refractivity contribution in [2.24, 2.45) is 0 Å². The average Bonchev–Trinajstić information content (AvgIpc) is 2.56. The molecule has 1 radical (unpaired) electrons. The Morgan fingerprint density at radius 2 is 1.14 bits per heavy atom. The summed E-state index contributed by atoms with van der Waals surface area (Å²) in [7, 11) is 0. The van der Waals surface area contributed by atoms with Gasteiger partial charge in [-0.3, -0.25) is 0 Å². The molecule has 0 saturated heterocycles. The Morgan fingerprint density at radius 3 is 1.62 bits per heavy atom. The topological polar surface area (TPSA) is 0 Å². The SMILES string of the molecule is CCc1ccc(-c2ccccc2-c2cc[c]([Po])cc2)cc1. The molecule has 0 unspecified atom stereocenters. The van der Waals surface area contributed by atoms with Crippen LogP contribution in [-0.2, 0) is 6.42 Å². The van der Waals surface area contributed by atoms with Crippen molar-refractivity contribution >= 4 is 28.3 Å². The zero-order chi connectivity index (χ0) is 14.7. The Bertz CT molecular complexity index is 725. The summed E-state index contributed by atoms with van der Waals surface area (Å²) in [5.41, 5.74) is 6.56. The van der Waals surface area contributed by atoms with Gasteiger partial charge >= 0.3 is 142 Å². The number of hydrogen-bond donors (Lipinski definition) is 0. The number of benzene rings is 3. The van der Waals surface area contributed by atoms with Gasteiger partial charge in [-0.1, -0.05) is 0 Å². The summed E-state index contributed by atoms with van der Waals surface area (Å²) >= 11 is 1.51. The molecule has 0 spiro atoms. The molecule has 0 N–H and O–H groups in total. The van der Waals surface area contributed by atoms with Crippen LogP contribution in [0.4, 0.5) is 0 Å². The molecule has 0 amide bonds. The monoisotopic (exact) mass is 466 g/mol. The van der Waals surface area contributed by atoms with E-state index in [0.717, 1.165) is 6.42 Å². The summed E-state index contributed by atoms with van der Waals surface area (Å²) in [4.78, 5) is 0. The van der Waals surface area contributed by atoms with Gasteiger partial charge in [-0.2, -0.15) is 0 Å². The van der Waals surface area contributed by atoms with Gasteiger partial charge in [0.2, 0.25) is 0 Å². The van der Waals surface area contributed by atoms with Crippen molar-refractivity contribution in [3.63, 3.8) is 0 Å². The summed E-state index contributed by atoms with van der Waals surface area (Å²) in [5, 5.41) is 0. The van der Waals surface area contributed by atoms with Crippen molar-refractivity contribution in [3.05, 3.63) is 78.4 Å². The van der Waals surface area contributed by atoms with Gasteiger partial charge < -0.3 is 0 Å². The van der Waals surface area contributed by atoms with Gasteiger partial charge in [0.05, 0.1) is 0 Å². The first-order valence-corrected chi connectivity index (χ1v) is 8.82. The molecular formula is C20H17Po. The minimum absolute atomic E-state index is 1.09. The van der Waals surface area contributed by atoms with Crippen LogP contribution in [0.2, 0.25) is 0 Å². The summed E-state index contributed by atoms with van der Waals surface area (Å²) in [6.07, 6.45) is 1.09. The molecule has 0 atom stereocenters. The molecule has 0 aromatic heterocycles. The van der Waals surface area contributed by atoms with Crippen LogP contribution in [0.25, 0.3) is 22.3 Å². The Kier molecular flexibility index (Phi) is 4.52. The van der Waals surface area contributed by atoms with E-state index < -0.39 is 0 Å². The van der Waals surface area contributed by atoms with Crippen molar-refractivity contribution in [1.82, 2.24) is 0 Å². The van der Waals surface area contributed by atoms with Crippen LogP contribution >= 0.6 is 0 Å².